The largest absolute Gasteiger partial charge is 0.481 e. The summed E-state index contributed by atoms with van der Waals surface area (Å²) in [5.74, 6) is 1.82. The van der Waals surface area contributed by atoms with Crippen LogP contribution in [-0.4, -0.2) is 58.5 Å². The third-order valence-electron chi connectivity index (χ3n) is 7.52. The molecule has 39 heavy (non-hydrogen) atoms. The molecular weight excluding hydrogens is 516 g/mol. The first-order valence-electron chi connectivity index (χ1n) is 12.8. The smallest absolute Gasteiger partial charge is 0.233 e. The molecule has 1 fully saturated rings. The Morgan fingerprint density at radius 2 is 1.85 bits per heavy atom. The maximum Gasteiger partial charge on any atom is 0.233 e. The van der Waals surface area contributed by atoms with Crippen LogP contribution >= 0.6 is 11.3 Å². The van der Waals surface area contributed by atoms with Crippen LogP contribution in [0.5, 0.6) is 17.4 Å². The monoisotopic (exact) mass is 544 g/mol. The topological polar surface area (TPSA) is 105 Å². The van der Waals surface area contributed by atoms with Crippen molar-refractivity contribution in [3.8, 4) is 17.4 Å². The number of ether oxygens (including phenoxy) is 2. The lowest BCUT2D eigenvalue weighted by Gasteiger charge is -2.25. The Kier molecular flexibility index (Phi) is 6.44. The molecule has 1 unspecified atom stereocenters. The predicted molar refractivity (Wildman–Crippen MR) is 147 cm³/mol. The molecule has 2 amide bonds. The van der Waals surface area contributed by atoms with Crippen LogP contribution in [0, 0.1) is 0 Å². The van der Waals surface area contributed by atoms with Crippen LogP contribution in [0.2, 0.25) is 0 Å². The number of thiazole rings is 1. The highest BCUT2D eigenvalue weighted by atomic mass is 32.1. The van der Waals surface area contributed by atoms with Crippen molar-refractivity contribution in [3.63, 3.8) is 0 Å². The Morgan fingerprint density at radius 1 is 1.05 bits per heavy atom. The molecular formula is C29H28N4O5S. The SMILES string of the molecule is COc1ccc2nc(CC(=O)N3CC4(CCN(C(C)=O)C4)c4cc(Oc5ccc(CO)cc5)ccc43)sc2n1. The Balaban J connectivity index is 1.30. The van der Waals surface area contributed by atoms with Gasteiger partial charge in [0.15, 0.2) is 0 Å². The van der Waals surface area contributed by atoms with Gasteiger partial charge >= 0.3 is 0 Å². The Morgan fingerprint density at radius 3 is 2.56 bits per heavy atom. The molecule has 6 rings (SSSR count). The minimum atomic E-state index is -0.362. The first kappa shape index (κ1) is 25.3. The summed E-state index contributed by atoms with van der Waals surface area (Å²) < 4.78 is 11.3. The quantitative estimate of drug-likeness (QED) is 0.390. The number of fused-ring (bicyclic) bond motifs is 3. The number of carbonyl (C=O) groups excluding carboxylic acids is 2. The van der Waals surface area contributed by atoms with E-state index in [1.807, 2.05) is 58.3 Å². The third-order valence-corrected chi connectivity index (χ3v) is 8.48. The summed E-state index contributed by atoms with van der Waals surface area (Å²) >= 11 is 1.39. The van der Waals surface area contributed by atoms with E-state index in [2.05, 4.69) is 9.97 Å². The van der Waals surface area contributed by atoms with E-state index in [0.29, 0.717) is 42.0 Å². The van der Waals surface area contributed by atoms with Crippen molar-refractivity contribution in [2.75, 3.05) is 31.6 Å². The molecule has 2 aliphatic rings. The van der Waals surface area contributed by atoms with Crippen LogP contribution < -0.4 is 14.4 Å². The normalized spacial score (nSPS) is 18.1. The summed E-state index contributed by atoms with van der Waals surface area (Å²) in [5, 5.41) is 10.0. The summed E-state index contributed by atoms with van der Waals surface area (Å²) in [5.41, 5.74) is 3.04. The number of aliphatic hydroxyl groups excluding tert-OH is 1. The van der Waals surface area contributed by atoms with Gasteiger partial charge in [-0.25, -0.2) is 9.97 Å². The summed E-state index contributed by atoms with van der Waals surface area (Å²) in [6.45, 7) is 3.26. The van der Waals surface area contributed by atoms with Gasteiger partial charge in [-0.05, 0) is 53.9 Å². The number of methoxy groups -OCH3 is 1. The average Bonchev–Trinajstić information content (AvgIpc) is 3.64. The lowest BCUT2D eigenvalue weighted by atomic mass is 9.81. The number of benzene rings is 2. The van der Waals surface area contributed by atoms with Gasteiger partial charge in [0, 0.05) is 43.7 Å². The van der Waals surface area contributed by atoms with Crippen molar-refractivity contribution in [1.29, 1.82) is 0 Å². The van der Waals surface area contributed by atoms with E-state index in [4.69, 9.17) is 9.47 Å². The van der Waals surface area contributed by atoms with Gasteiger partial charge < -0.3 is 24.4 Å². The van der Waals surface area contributed by atoms with Gasteiger partial charge in [0.25, 0.3) is 0 Å². The fourth-order valence-corrected chi connectivity index (χ4v) is 6.40. The molecule has 2 aliphatic heterocycles. The minimum absolute atomic E-state index is 0.0279. The Bertz CT molecular complexity index is 1570. The zero-order valence-electron chi connectivity index (χ0n) is 21.7. The fourth-order valence-electron chi connectivity index (χ4n) is 5.48. The number of rotatable bonds is 6. The average molecular weight is 545 g/mol. The highest BCUT2D eigenvalue weighted by Gasteiger charge is 2.49. The fraction of sp³-hybridized carbons (Fsp3) is 0.310. The van der Waals surface area contributed by atoms with Crippen molar-refractivity contribution >= 4 is 39.2 Å². The Hall–Kier alpha value is -4.02. The van der Waals surface area contributed by atoms with Crippen LogP contribution in [0.3, 0.4) is 0 Å². The van der Waals surface area contributed by atoms with E-state index in [-0.39, 0.29) is 30.3 Å². The lowest BCUT2D eigenvalue weighted by Crippen LogP contribution is -2.40. The summed E-state index contributed by atoms with van der Waals surface area (Å²) in [7, 11) is 1.57. The number of nitrogens with zero attached hydrogens (tertiary/aromatic N) is 4. The van der Waals surface area contributed by atoms with E-state index < -0.39 is 0 Å². The zero-order chi connectivity index (χ0) is 27.1. The first-order valence-corrected chi connectivity index (χ1v) is 13.6. The van der Waals surface area contributed by atoms with Crippen LogP contribution in [-0.2, 0) is 28.0 Å². The molecule has 4 aromatic rings. The zero-order valence-corrected chi connectivity index (χ0v) is 22.5. The molecule has 0 bridgehead atoms. The van der Waals surface area contributed by atoms with Gasteiger partial charge in [0.05, 0.1) is 20.1 Å². The number of hydrogen-bond donors (Lipinski definition) is 1. The molecule has 9 nitrogen and oxygen atoms in total. The van der Waals surface area contributed by atoms with Crippen molar-refractivity contribution in [3.05, 3.63) is 70.7 Å². The number of hydrogen-bond acceptors (Lipinski definition) is 8. The molecule has 0 saturated carbocycles. The standard InChI is InChI=1S/C29H28N4O5S/c1-18(35)32-12-11-29(16-32)17-33(27(36)14-26-30-23-8-10-25(37-2)31-28(23)39-26)24-9-7-21(13-22(24)29)38-20-5-3-19(15-34)4-6-20/h3-10,13,34H,11-12,14-17H2,1-2H3. The summed E-state index contributed by atoms with van der Waals surface area (Å²) in [6.07, 6.45) is 0.924. The summed E-state index contributed by atoms with van der Waals surface area (Å²) in [6, 6.07) is 16.7. The van der Waals surface area contributed by atoms with Gasteiger partial charge in [0.2, 0.25) is 17.7 Å². The molecule has 1 saturated heterocycles. The molecule has 4 heterocycles. The highest BCUT2D eigenvalue weighted by molar-refractivity contribution is 7.18. The highest BCUT2D eigenvalue weighted by Crippen LogP contribution is 2.48. The van der Waals surface area contributed by atoms with Crippen LogP contribution in [0.25, 0.3) is 10.3 Å². The van der Waals surface area contributed by atoms with E-state index in [1.165, 1.54) is 11.3 Å². The first-order chi connectivity index (χ1) is 18.9. The molecule has 10 heteroatoms. The third kappa shape index (κ3) is 4.70. The maximum atomic E-state index is 13.7. The van der Waals surface area contributed by atoms with Gasteiger partial charge in [-0.2, -0.15) is 0 Å². The maximum absolute atomic E-state index is 13.7. The van der Waals surface area contributed by atoms with Gasteiger partial charge in [-0.1, -0.05) is 23.5 Å². The summed E-state index contributed by atoms with van der Waals surface area (Å²) in [4.78, 5) is 39.4. The molecule has 2 aromatic carbocycles. The van der Waals surface area contributed by atoms with Gasteiger partial charge in [-0.15, -0.1) is 0 Å². The molecule has 1 atom stereocenters. The van der Waals surface area contributed by atoms with Crippen molar-refractivity contribution < 1.29 is 24.2 Å². The van der Waals surface area contributed by atoms with Crippen molar-refractivity contribution in [2.45, 2.75) is 31.8 Å². The van der Waals surface area contributed by atoms with Gasteiger partial charge in [0.1, 0.15) is 26.9 Å². The van der Waals surface area contributed by atoms with E-state index in [1.54, 1.807) is 20.1 Å². The number of anilines is 1. The van der Waals surface area contributed by atoms with Crippen molar-refractivity contribution in [2.24, 2.45) is 0 Å². The number of aromatic nitrogens is 2. The molecule has 0 aliphatic carbocycles. The van der Waals surface area contributed by atoms with Crippen LogP contribution in [0.1, 0.15) is 29.5 Å². The van der Waals surface area contributed by atoms with E-state index >= 15 is 0 Å². The number of carbonyl (C=O) groups is 2. The molecule has 2 aromatic heterocycles. The molecule has 1 N–H and O–H groups in total. The second kappa shape index (κ2) is 9.94. The lowest BCUT2D eigenvalue weighted by molar-refractivity contribution is -0.127. The second-order valence-electron chi connectivity index (χ2n) is 10.00. The number of aliphatic hydroxyl groups is 1. The van der Waals surface area contributed by atoms with E-state index in [9.17, 15) is 14.7 Å². The van der Waals surface area contributed by atoms with Crippen LogP contribution in [0.15, 0.2) is 54.6 Å². The predicted octanol–water partition coefficient (Wildman–Crippen LogP) is 4.06. The van der Waals surface area contributed by atoms with Gasteiger partial charge in [-0.3, -0.25) is 9.59 Å². The Labute approximate surface area is 229 Å². The number of pyridine rings is 1. The number of amides is 2. The van der Waals surface area contributed by atoms with Crippen LogP contribution in [0.4, 0.5) is 5.69 Å². The molecule has 0 radical (unpaired) electrons. The van der Waals surface area contributed by atoms with Crippen molar-refractivity contribution in [1.82, 2.24) is 14.9 Å². The minimum Gasteiger partial charge on any atom is -0.481 e. The number of likely N-dealkylation sites (tertiary alicyclic amines) is 1. The van der Waals surface area contributed by atoms with E-state index in [0.717, 1.165) is 33.6 Å². The molecule has 1 spiro atoms. The molecule has 200 valence electrons. The second-order valence-corrected chi connectivity index (χ2v) is 11.1.